The molecule has 3 heterocycles. The minimum Gasteiger partial charge on any atom is -0.497 e. The number of para-hydroxylation sites is 4. The lowest BCUT2D eigenvalue weighted by Crippen LogP contribution is -2.47. The third-order valence-corrected chi connectivity index (χ3v) is 23.1. The Hall–Kier alpha value is -12.6. The summed E-state index contributed by atoms with van der Waals surface area (Å²) in [6.45, 7) is 62.6. The molecule has 3 saturated heterocycles. The maximum Gasteiger partial charge on any atom is 0.229 e. The number of rotatable bonds is 15. The highest BCUT2D eigenvalue weighted by molar-refractivity contribution is 6.33. The molecule has 0 unspecified atom stereocenters. The molecular weight excluding hydrogens is 1870 g/mol. The van der Waals surface area contributed by atoms with Crippen molar-refractivity contribution in [1.29, 1.82) is 0 Å². The lowest BCUT2D eigenvalue weighted by atomic mass is 9.95. The lowest BCUT2D eigenvalue weighted by Gasteiger charge is -2.36. The molecule has 0 bridgehead atoms. The van der Waals surface area contributed by atoms with Crippen LogP contribution in [0.1, 0.15) is 219 Å². The van der Waals surface area contributed by atoms with Crippen molar-refractivity contribution in [2.45, 2.75) is 219 Å². The predicted octanol–water partition coefficient (Wildman–Crippen LogP) is 26.4. The number of nitrogens with zero attached hydrogens (tertiary/aromatic N) is 5. The topological polar surface area (TPSA) is 287 Å². The van der Waals surface area contributed by atoms with Crippen LogP contribution < -0.4 is 67.3 Å². The molecule has 0 atom stereocenters. The van der Waals surface area contributed by atoms with Gasteiger partial charge in [0.15, 0.2) is 0 Å². The number of halogens is 4. The van der Waals surface area contributed by atoms with Crippen molar-refractivity contribution in [3.63, 3.8) is 0 Å². The number of hydrogen-bond donors (Lipinski definition) is 9. The van der Waals surface area contributed by atoms with Crippen molar-refractivity contribution >= 4 is 133 Å². The summed E-state index contributed by atoms with van der Waals surface area (Å²) in [5.41, 5.74) is 5.97. The first-order valence-corrected chi connectivity index (χ1v) is 50.7. The number of methoxy groups -OCH3 is 1. The van der Waals surface area contributed by atoms with Crippen molar-refractivity contribution in [1.82, 2.24) is 9.80 Å². The Bertz CT molecular complexity index is 5520. The maximum atomic E-state index is 13.1. The van der Waals surface area contributed by atoms with E-state index in [1.807, 2.05) is 300 Å². The second kappa shape index (κ2) is 56.9. The van der Waals surface area contributed by atoms with E-state index in [0.29, 0.717) is 16.4 Å². The number of carbonyl (C=O) groups is 9. The van der Waals surface area contributed by atoms with Crippen molar-refractivity contribution < 1.29 is 61.1 Å². The minimum absolute atomic E-state index is 0.00710. The minimum atomic E-state index is -0.771. The Labute approximate surface area is 873 Å². The van der Waals surface area contributed by atoms with Crippen molar-refractivity contribution in [2.24, 2.45) is 54.7 Å². The first-order chi connectivity index (χ1) is 67.8. The molecule has 28 heteroatoms. The van der Waals surface area contributed by atoms with Gasteiger partial charge in [-0.15, -0.1) is 0 Å². The average molecular weight is 2030 g/mol. The zero-order chi connectivity index (χ0) is 110. The number of piperidine rings is 1. The maximum absolute atomic E-state index is 13.1. The number of hydrogen-bond acceptors (Lipinski definition) is 15. The molecule has 146 heavy (non-hydrogen) atoms. The molecule has 9 amide bonds. The number of benzene rings is 9. The fourth-order valence-electron chi connectivity index (χ4n) is 12.7. The Morgan fingerprint density at radius 1 is 0.295 bits per heavy atom. The number of likely N-dealkylation sites (N-methyl/N-ethyl adjacent to an activating group) is 1. The Kier molecular flexibility index (Phi) is 48.3. The standard InChI is InChI=1S/C19H29N3O.C16H25N3O.C16H24N2O.C12H17NO2.C11H14ClNO.C11H13F2NO.C11H14FNO.2C11H15NO/c1-19(2,3)18(23)20-16-5-4-6-17(13-16)22-11-9-21(10-12-22)14-15-7-8-15;1-16(2,3)15(20)17-13-6-5-7-14(12-13)19-10-8-18(4)9-11-19;1-16(2,3)15(19)17-13-8-7-9-14(12-13)18-10-5-4-6-11-18;1-12(2,3)11(14)13-9-5-7-10(15-4)8-6-9;1-11(2,3)10(14)13-9-7-5-4-6-8(9)12;1-11(2,3)10(15)14-9-7(12)5-4-6-8(9)13;1-11(2,3)10(14)13-9-6-4-8(12)5-7-9;2*1-11(2,3)10(13)12-9-7-5-4-6-8-9/h4-6,13,15H,7-12,14H2,1-3H3,(H,20,23);5-7,12H,8-11H2,1-4H3,(H,17,20);7-9,12H,4-6,10-11H2,1-3H3,(H,17,19);5-8H,1-4H3,(H,13,14);4-7H,1-3H3,(H,13,14);4-6H,1-3H3,(H,14,15);4-7H,1-3H3,(H,13,14);2*4-8H,1-3H3,(H,12,13). The first kappa shape index (κ1) is 124. The van der Waals surface area contributed by atoms with Crippen molar-refractivity contribution in [2.75, 3.05) is 149 Å². The molecule has 3 aliphatic heterocycles. The second-order valence-corrected chi connectivity index (χ2v) is 46.5. The summed E-state index contributed by atoms with van der Waals surface area (Å²) in [7, 11) is 3.76. The highest BCUT2D eigenvalue weighted by Crippen LogP contribution is 2.34. The van der Waals surface area contributed by atoms with Gasteiger partial charge in [0.05, 0.1) is 17.8 Å². The molecule has 0 radical (unpaired) electrons. The van der Waals surface area contributed by atoms with Crippen LogP contribution in [0.5, 0.6) is 5.75 Å². The van der Waals surface area contributed by atoms with E-state index in [2.05, 4.69) is 116 Å². The average Bonchev–Trinajstić information content (AvgIpc) is 1.73. The molecule has 1 aliphatic carbocycles. The van der Waals surface area contributed by atoms with Crippen LogP contribution >= 0.6 is 11.6 Å². The Balaban J connectivity index is 0.000000291. The quantitative estimate of drug-likeness (QED) is 0.0461. The Morgan fingerprint density at radius 3 is 0.877 bits per heavy atom. The zero-order valence-corrected chi connectivity index (χ0v) is 92.8. The van der Waals surface area contributed by atoms with Crippen LogP contribution in [0, 0.1) is 72.1 Å². The van der Waals surface area contributed by atoms with Gasteiger partial charge >= 0.3 is 0 Å². The van der Waals surface area contributed by atoms with E-state index in [9.17, 15) is 56.3 Å². The largest absolute Gasteiger partial charge is 0.497 e. The Morgan fingerprint density at radius 2 is 0.562 bits per heavy atom. The molecule has 0 aromatic heterocycles. The zero-order valence-electron chi connectivity index (χ0n) is 92.1. The lowest BCUT2D eigenvalue weighted by molar-refractivity contribution is -0.123. The van der Waals surface area contributed by atoms with Gasteiger partial charge in [-0.05, 0) is 197 Å². The third-order valence-electron chi connectivity index (χ3n) is 22.8. The van der Waals surface area contributed by atoms with Gasteiger partial charge in [-0.1, -0.05) is 271 Å². The molecular formula is C118H166ClF3N14O10. The number of carbonyl (C=O) groups excluding carboxylic acids is 9. The van der Waals surface area contributed by atoms with Crippen molar-refractivity contribution in [3.05, 3.63) is 247 Å². The van der Waals surface area contributed by atoms with Gasteiger partial charge < -0.3 is 72.2 Å². The van der Waals surface area contributed by atoms with Gasteiger partial charge in [0.1, 0.15) is 28.9 Å². The third kappa shape index (κ3) is 47.3. The number of ether oxygens (including phenoxy) is 1. The van der Waals surface area contributed by atoms with E-state index >= 15 is 0 Å². The summed E-state index contributed by atoms with van der Waals surface area (Å²) in [5, 5.41) is 25.8. The van der Waals surface area contributed by atoms with E-state index in [4.69, 9.17) is 16.3 Å². The van der Waals surface area contributed by atoms with Crippen LogP contribution in [0.4, 0.5) is 81.4 Å². The highest BCUT2D eigenvalue weighted by atomic mass is 35.5. The van der Waals surface area contributed by atoms with Crippen LogP contribution in [0.15, 0.2) is 224 Å². The number of piperazine rings is 2. The van der Waals surface area contributed by atoms with Crippen molar-refractivity contribution in [3.8, 4) is 5.75 Å². The van der Waals surface area contributed by atoms with Crippen LogP contribution in [0.2, 0.25) is 5.02 Å². The van der Waals surface area contributed by atoms with E-state index in [-0.39, 0.29) is 85.6 Å². The normalized spacial score (nSPS) is 13.9. The summed E-state index contributed by atoms with van der Waals surface area (Å²) in [6, 6.07) is 67.1. The van der Waals surface area contributed by atoms with Crippen LogP contribution in [0.25, 0.3) is 0 Å². The number of amides is 9. The predicted molar refractivity (Wildman–Crippen MR) is 599 cm³/mol. The van der Waals surface area contributed by atoms with E-state index in [1.54, 1.807) is 52.1 Å². The number of anilines is 12. The van der Waals surface area contributed by atoms with Gasteiger partial charge in [-0.2, -0.15) is 0 Å². The van der Waals surface area contributed by atoms with Gasteiger partial charge in [0, 0.05) is 178 Å². The van der Waals surface area contributed by atoms with Crippen LogP contribution in [-0.2, 0) is 43.2 Å². The molecule has 4 fully saturated rings. The molecule has 24 nitrogen and oxygen atoms in total. The molecule has 9 N–H and O–H groups in total. The molecule has 1 saturated carbocycles. The fourth-order valence-corrected chi connectivity index (χ4v) is 12.9. The second-order valence-electron chi connectivity index (χ2n) is 46.1. The van der Waals surface area contributed by atoms with Gasteiger partial charge in [-0.25, -0.2) is 13.2 Å². The molecule has 13 rings (SSSR count). The first-order valence-electron chi connectivity index (χ1n) is 50.3. The van der Waals surface area contributed by atoms with E-state index < -0.39 is 39.5 Å². The number of nitrogens with one attached hydrogen (secondary N) is 9. The molecule has 0 spiro atoms. The van der Waals surface area contributed by atoms with E-state index in [0.717, 1.165) is 123 Å². The van der Waals surface area contributed by atoms with E-state index in [1.165, 1.54) is 73.9 Å². The van der Waals surface area contributed by atoms with Gasteiger partial charge in [-0.3, -0.25) is 48.1 Å². The summed E-state index contributed by atoms with van der Waals surface area (Å²) in [5.74, 6) is -0.383. The monoisotopic (exact) mass is 2030 g/mol. The van der Waals surface area contributed by atoms with Crippen LogP contribution in [-0.4, -0.2) is 149 Å². The summed E-state index contributed by atoms with van der Waals surface area (Å²) >= 11 is 5.90. The molecule has 796 valence electrons. The fraction of sp³-hybridized carbons (Fsp3) is 0.466. The van der Waals surface area contributed by atoms with Gasteiger partial charge in [0.2, 0.25) is 53.2 Å². The highest BCUT2D eigenvalue weighted by Gasteiger charge is 2.32. The summed E-state index contributed by atoms with van der Waals surface area (Å²) in [6.07, 6.45) is 6.71. The molecule has 4 aliphatic rings. The summed E-state index contributed by atoms with van der Waals surface area (Å²) in [4.78, 5) is 118. The van der Waals surface area contributed by atoms with Gasteiger partial charge in [0.25, 0.3) is 0 Å². The smallest absolute Gasteiger partial charge is 0.229 e. The molecule has 9 aromatic carbocycles. The summed E-state index contributed by atoms with van der Waals surface area (Å²) < 4.78 is 43.9. The molecule has 9 aromatic rings. The van der Waals surface area contributed by atoms with Crippen LogP contribution in [0.3, 0.4) is 0 Å². The SMILES string of the molecule is CC(C)(C)C(=O)Nc1c(F)cccc1F.CC(C)(C)C(=O)Nc1ccc(F)cc1.CC(C)(C)C(=O)Nc1cccc(N2CCCCC2)c1.CC(C)(C)C(=O)Nc1cccc(N2CCN(CC3CC3)CC2)c1.CC(C)(C)C(=O)Nc1ccccc1.CC(C)(C)C(=O)Nc1ccccc1.CC(C)(C)C(=O)Nc1ccccc1Cl.CN1CCN(c2cccc(NC(=O)C(C)(C)C)c2)CC1.COc1ccc(NC(=O)C(C)(C)C)cc1.